The summed E-state index contributed by atoms with van der Waals surface area (Å²) < 4.78 is 5.47. The van der Waals surface area contributed by atoms with Crippen LogP contribution in [0.5, 0.6) is 5.75 Å². The number of nitrogens with zero attached hydrogens (tertiary/aromatic N) is 2. The first-order chi connectivity index (χ1) is 11.7. The maximum absolute atomic E-state index is 6.16. The van der Waals surface area contributed by atoms with E-state index >= 15 is 0 Å². The molecule has 1 fully saturated rings. The third-order valence-electron chi connectivity index (χ3n) is 3.92. The summed E-state index contributed by atoms with van der Waals surface area (Å²) in [5.74, 6) is 2.80. The Balaban J connectivity index is 1.99. The van der Waals surface area contributed by atoms with Crippen molar-refractivity contribution >= 4 is 35.0 Å². The summed E-state index contributed by atoms with van der Waals surface area (Å²) in [6, 6.07) is 6.12. The van der Waals surface area contributed by atoms with Gasteiger partial charge in [-0.15, -0.1) is 0 Å². The monoisotopic (exact) mass is 370 g/mol. The van der Waals surface area contributed by atoms with E-state index in [4.69, 9.17) is 16.3 Å². The van der Waals surface area contributed by atoms with Crippen LogP contribution in [0.4, 0.5) is 5.69 Å². The Morgan fingerprint density at radius 3 is 3.04 bits per heavy atom. The highest BCUT2D eigenvalue weighted by Gasteiger charge is 2.25. The molecular weight excluding hydrogens is 344 g/mol. The van der Waals surface area contributed by atoms with E-state index in [9.17, 15) is 0 Å². The summed E-state index contributed by atoms with van der Waals surface area (Å²) in [6.45, 7) is 5.66. The van der Waals surface area contributed by atoms with Gasteiger partial charge in [0.25, 0.3) is 0 Å². The Bertz CT molecular complexity index is 555. The average Bonchev–Trinajstić information content (AvgIpc) is 3.03. The number of thioether (sulfide) groups is 1. The molecule has 0 saturated carbocycles. The number of nitrogens with one attached hydrogen (secondary N) is 2. The molecule has 0 radical (unpaired) electrons. The van der Waals surface area contributed by atoms with Gasteiger partial charge in [0.1, 0.15) is 5.75 Å². The van der Waals surface area contributed by atoms with E-state index in [2.05, 4.69) is 33.7 Å². The molecule has 2 rings (SSSR count). The Hall–Kier alpha value is -1.27. The molecule has 24 heavy (non-hydrogen) atoms. The van der Waals surface area contributed by atoms with Gasteiger partial charge >= 0.3 is 0 Å². The van der Waals surface area contributed by atoms with Crippen molar-refractivity contribution in [1.82, 2.24) is 10.6 Å². The second-order valence-electron chi connectivity index (χ2n) is 5.65. The van der Waals surface area contributed by atoms with Gasteiger partial charge in [-0.25, -0.2) is 0 Å². The third-order valence-corrected chi connectivity index (χ3v) is 4.75. The van der Waals surface area contributed by atoms with E-state index in [0.717, 1.165) is 60.8 Å². The van der Waals surface area contributed by atoms with E-state index in [-0.39, 0.29) is 0 Å². The van der Waals surface area contributed by atoms with Crippen LogP contribution in [0, 0.1) is 0 Å². The lowest BCUT2D eigenvalue weighted by Gasteiger charge is -2.22. The van der Waals surface area contributed by atoms with E-state index in [1.54, 1.807) is 7.11 Å². The molecule has 0 bridgehead atoms. The molecule has 0 aromatic heterocycles. The first-order valence-corrected chi connectivity index (χ1v) is 10.1. The van der Waals surface area contributed by atoms with Gasteiger partial charge in [0, 0.05) is 36.5 Å². The molecular formula is C17H27ClN4OS. The summed E-state index contributed by atoms with van der Waals surface area (Å²) >= 11 is 7.97. The number of hydrogen-bond acceptors (Lipinski definition) is 4. The Morgan fingerprint density at radius 1 is 1.50 bits per heavy atom. The van der Waals surface area contributed by atoms with Gasteiger partial charge in [-0.2, -0.15) is 11.8 Å². The molecule has 0 aliphatic carbocycles. The topological polar surface area (TPSA) is 48.9 Å². The van der Waals surface area contributed by atoms with Crippen molar-refractivity contribution in [3.8, 4) is 5.75 Å². The quantitative estimate of drug-likeness (QED) is 0.439. The van der Waals surface area contributed by atoms with Crippen LogP contribution in [0.1, 0.15) is 13.3 Å². The summed E-state index contributed by atoms with van der Waals surface area (Å²) in [6.07, 6.45) is 3.16. The zero-order chi connectivity index (χ0) is 17.4. The van der Waals surface area contributed by atoms with Crippen molar-refractivity contribution in [2.45, 2.75) is 19.4 Å². The van der Waals surface area contributed by atoms with Gasteiger partial charge in [0.05, 0.1) is 19.3 Å². The zero-order valence-electron chi connectivity index (χ0n) is 14.6. The highest BCUT2D eigenvalue weighted by atomic mass is 35.5. The molecule has 1 aliphatic rings. The van der Waals surface area contributed by atoms with Crippen LogP contribution < -0.4 is 20.3 Å². The fourth-order valence-corrected chi connectivity index (χ4v) is 3.21. The highest BCUT2D eigenvalue weighted by molar-refractivity contribution is 7.98. The van der Waals surface area contributed by atoms with Crippen molar-refractivity contribution in [3.05, 3.63) is 23.2 Å². The lowest BCUT2D eigenvalue weighted by molar-refractivity contribution is 0.415. The molecule has 5 nitrogen and oxygen atoms in total. The second-order valence-corrected chi connectivity index (χ2v) is 7.07. The number of hydrogen-bond donors (Lipinski definition) is 2. The van der Waals surface area contributed by atoms with Gasteiger partial charge in [0.15, 0.2) is 5.96 Å². The van der Waals surface area contributed by atoms with Gasteiger partial charge < -0.3 is 20.3 Å². The van der Waals surface area contributed by atoms with Gasteiger partial charge in [0.2, 0.25) is 0 Å². The van der Waals surface area contributed by atoms with E-state index in [1.165, 1.54) is 0 Å². The van der Waals surface area contributed by atoms with E-state index in [0.29, 0.717) is 6.04 Å². The molecule has 1 atom stereocenters. The predicted octanol–water partition coefficient (Wildman–Crippen LogP) is 2.85. The zero-order valence-corrected chi connectivity index (χ0v) is 16.2. The molecule has 7 heteroatoms. The van der Waals surface area contributed by atoms with Gasteiger partial charge in [-0.3, -0.25) is 4.99 Å². The highest BCUT2D eigenvalue weighted by Crippen LogP contribution is 2.33. The molecule has 1 aromatic carbocycles. The van der Waals surface area contributed by atoms with E-state index in [1.807, 2.05) is 30.0 Å². The summed E-state index contributed by atoms with van der Waals surface area (Å²) in [4.78, 5) is 6.93. The number of benzene rings is 1. The summed E-state index contributed by atoms with van der Waals surface area (Å²) in [5, 5.41) is 7.59. The first kappa shape index (κ1) is 19.1. The average molecular weight is 371 g/mol. The van der Waals surface area contributed by atoms with Crippen molar-refractivity contribution in [2.24, 2.45) is 4.99 Å². The maximum Gasteiger partial charge on any atom is 0.191 e. The van der Waals surface area contributed by atoms with Crippen LogP contribution in [-0.4, -0.2) is 57.3 Å². The van der Waals surface area contributed by atoms with Crippen molar-refractivity contribution in [2.75, 3.05) is 50.2 Å². The van der Waals surface area contributed by atoms with Crippen LogP contribution in [0.15, 0.2) is 23.2 Å². The molecule has 1 aromatic rings. The smallest absolute Gasteiger partial charge is 0.191 e. The number of halogens is 1. The maximum atomic E-state index is 6.16. The molecule has 0 spiro atoms. The SMILES string of the molecule is CCNC(=NCCSC)NC1CCN(c2cc(Cl)ccc2OC)C1. The van der Waals surface area contributed by atoms with Crippen molar-refractivity contribution in [3.63, 3.8) is 0 Å². The number of methoxy groups -OCH3 is 1. The summed E-state index contributed by atoms with van der Waals surface area (Å²) in [5.41, 5.74) is 1.05. The Kier molecular flexibility index (Phi) is 7.85. The van der Waals surface area contributed by atoms with E-state index < -0.39 is 0 Å². The second kappa shape index (κ2) is 9.89. The van der Waals surface area contributed by atoms with Crippen LogP contribution in [0.3, 0.4) is 0 Å². The first-order valence-electron chi connectivity index (χ1n) is 8.30. The minimum absolute atomic E-state index is 0.362. The van der Waals surface area contributed by atoms with Crippen molar-refractivity contribution < 1.29 is 4.74 Å². The predicted molar refractivity (Wildman–Crippen MR) is 106 cm³/mol. The number of anilines is 1. The Labute approximate surface area is 154 Å². The molecule has 134 valence electrons. The lowest BCUT2D eigenvalue weighted by Crippen LogP contribution is -2.44. The third kappa shape index (κ3) is 5.38. The number of aliphatic imine (C=N–C) groups is 1. The van der Waals surface area contributed by atoms with Crippen LogP contribution in [0.25, 0.3) is 0 Å². The van der Waals surface area contributed by atoms with Crippen LogP contribution in [-0.2, 0) is 0 Å². The lowest BCUT2D eigenvalue weighted by atomic mass is 10.2. The van der Waals surface area contributed by atoms with Gasteiger partial charge in [-0.1, -0.05) is 11.6 Å². The Morgan fingerprint density at radius 2 is 2.33 bits per heavy atom. The molecule has 1 aliphatic heterocycles. The number of rotatable bonds is 7. The normalized spacial score (nSPS) is 17.9. The minimum atomic E-state index is 0.362. The number of guanidine groups is 1. The molecule has 1 saturated heterocycles. The molecule has 0 amide bonds. The molecule has 2 N–H and O–H groups in total. The standard InChI is InChI=1S/C17H27ClN4OS/c1-4-19-17(20-8-10-24-3)21-14-7-9-22(12-14)15-11-13(18)5-6-16(15)23-2/h5-6,11,14H,4,7-10,12H2,1-3H3,(H2,19,20,21). The number of ether oxygens (including phenoxy) is 1. The van der Waals surface area contributed by atoms with Crippen LogP contribution >= 0.6 is 23.4 Å². The minimum Gasteiger partial charge on any atom is -0.495 e. The van der Waals surface area contributed by atoms with Crippen LogP contribution in [0.2, 0.25) is 5.02 Å². The molecule has 1 unspecified atom stereocenters. The largest absolute Gasteiger partial charge is 0.495 e. The summed E-state index contributed by atoms with van der Waals surface area (Å²) in [7, 11) is 1.69. The fourth-order valence-electron chi connectivity index (χ4n) is 2.77. The fraction of sp³-hybridized carbons (Fsp3) is 0.588. The van der Waals surface area contributed by atoms with Gasteiger partial charge in [-0.05, 0) is 37.8 Å². The van der Waals surface area contributed by atoms with Crippen molar-refractivity contribution in [1.29, 1.82) is 0 Å². The molecule has 1 heterocycles.